The number of hydrogen-bond acceptors (Lipinski definition) is 6. The Bertz CT molecular complexity index is 1230. The molecule has 0 spiro atoms. The summed E-state index contributed by atoms with van der Waals surface area (Å²) in [6.07, 6.45) is 1.67. The van der Waals surface area contributed by atoms with Crippen LogP contribution in [0.25, 0.3) is 22.4 Å². The first-order valence-electron chi connectivity index (χ1n) is 7.43. The predicted octanol–water partition coefficient (Wildman–Crippen LogP) is 3.04. The highest BCUT2D eigenvalue weighted by atomic mass is 79.9. The normalized spacial score (nSPS) is 12.0. The number of nitro groups is 1. The Morgan fingerprint density at radius 1 is 1.12 bits per heavy atom. The van der Waals surface area contributed by atoms with Crippen molar-refractivity contribution in [2.24, 2.45) is 0 Å². The highest BCUT2D eigenvalue weighted by Gasteiger charge is 2.12. The van der Waals surface area contributed by atoms with Gasteiger partial charge in [-0.2, -0.15) is 9.50 Å². The lowest BCUT2D eigenvalue weighted by atomic mass is 10.2. The number of fused-ring (bicyclic) bond motifs is 1. The molecule has 2 aromatic carbocycles. The minimum atomic E-state index is -0.463. The maximum Gasteiger partial charge on any atom is 0.291 e. The van der Waals surface area contributed by atoms with E-state index in [0.717, 1.165) is 10.0 Å². The molecule has 128 valence electrons. The number of hydrogen-bond donors (Lipinski definition) is 0. The molecular weight excluding hydrogens is 420 g/mol. The standard InChI is InChI=1S/C17H9BrN4O3S/c18-12-5-3-11(4-6-12)15-19-17-21(20-15)16(23)14(26-17)9-10-1-7-13(8-2-10)22(24)25/h1-9H. The van der Waals surface area contributed by atoms with Gasteiger partial charge in [0, 0.05) is 22.2 Å². The number of nitrogens with zero attached hydrogens (tertiary/aromatic N) is 4. The van der Waals surface area contributed by atoms with Gasteiger partial charge in [0.25, 0.3) is 11.2 Å². The molecule has 0 aliphatic carbocycles. The Morgan fingerprint density at radius 2 is 1.81 bits per heavy atom. The Hall–Kier alpha value is -2.91. The minimum Gasteiger partial charge on any atom is -0.266 e. The zero-order valence-electron chi connectivity index (χ0n) is 13.0. The quantitative estimate of drug-likeness (QED) is 0.369. The maximum atomic E-state index is 12.5. The van der Waals surface area contributed by atoms with Crippen LogP contribution in [0.5, 0.6) is 0 Å². The number of aromatic nitrogens is 3. The molecule has 2 aromatic heterocycles. The molecule has 0 bridgehead atoms. The van der Waals surface area contributed by atoms with Crippen molar-refractivity contribution in [3.05, 3.63) is 83.6 Å². The third kappa shape index (κ3) is 3.02. The van der Waals surface area contributed by atoms with Gasteiger partial charge in [-0.3, -0.25) is 14.9 Å². The molecule has 4 rings (SSSR count). The summed E-state index contributed by atoms with van der Waals surface area (Å²) in [4.78, 5) is 27.7. The maximum absolute atomic E-state index is 12.5. The fraction of sp³-hybridized carbons (Fsp3) is 0. The van der Waals surface area contributed by atoms with Crippen LogP contribution in [0.3, 0.4) is 0 Å². The van der Waals surface area contributed by atoms with Crippen LogP contribution < -0.4 is 10.1 Å². The summed E-state index contributed by atoms with van der Waals surface area (Å²) in [7, 11) is 0. The number of rotatable bonds is 3. The summed E-state index contributed by atoms with van der Waals surface area (Å²) >= 11 is 4.60. The highest BCUT2D eigenvalue weighted by molar-refractivity contribution is 9.10. The Labute approximate surface area is 158 Å². The average molecular weight is 429 g/mol. The first-order chi connectivity index (χ1) is 12.5. The predicted molar refractivity (Wildman–Crippen MR) is 102 cm³/mol. The van der Waals surface area contributed by atoms with Crippen molar-refractivity contribution < 1.29 is 4.92 Å². The van der Waals surface area contributed by atoms with Crippen LogP contribution in [0.2, 0.25) is 0 Å². The molecule has 0 unspecified atom stereocenters. The van der Waals surface area contributed by atoms with Gasteiger partial charge >= 0.3 is 0 Å². The Kier molecular flexibility index (Phi) is 4.09. The number of non-ortho nitro benzene ring substituents is 1. The topological polar surface area (TPSA) is 90.4 Å². The lowest BCUT2D eigenvalue weighted by Gasteiger charge is -1.94. The van der Waals surface area contributed by atoms with Crippen molar-refractivity contribution in [1.82, 2.24) is 14.6 Å². The van der Waals surface area contributed by atoms with E-state index in [-0.39, 0.29) is 11.2 Å². The second kappa shape index (κ2) is 6.43. The van der Waals surface area contributed by atoms with Crippen LogP contribution in [0.15, 0.2) is 57.8 Å². The number of halogens is 1. The second-order valence-electron chi connectivity index (χ2n) is 5.40. The summed E-state index contributed by atoms with van der Waals surface area (Å²) in [5.74, 6) is 0.489. The van der Waals surface area contributed by atoms with Crippen molar-refractivity contribution in [2.45, 2.75) is 0 Å². The fourth-order valence-corrected chi connectivity index (χ4v) is 3.57. The van der Waals surface area contributed by atoms with Crippen molar-refractivity contribution in [3.8, 4) is 11.4 Å². The summed E-state index contributed by atoms with van der Waals surface area (Å²) in [6.45, 7) is 0. The van der Waals surface area contributed by atoms with Crippen LogP contribution in [-0.4, -0.2) is 19.5 Å². The lowest BCUT2D eigenvalue weighted by molar-refractivity contribution is -0.384. The highest BCUT2D eigenvalue weighted by Crippen LogP contribution is 2.19. The molecular formula is C17H9BrN4O3S. The van der Waals surface area contributed by atoms with E-state index in [1.807, 2.05) is 24.3 Å². The minimum absolute atomic E-state index is 0.00582. The summed E-state index contributed by atoms with van der Waals surface area (Å²) < 4.78 is 2.70. The first kappa shape index (κ1) is 16.6. The molecule has 0 aliphatic rings. The second-order valence-corrected chi connectivity index (χ2v) is 7.33. The number of thiazole rings is 1. The van der Waals surface area contributed by atoms with E-state index in [9.17, 15) is 14.9 Å². The van der Waals surface area contributed by atoms with Gasteiger partial charge in [0.1, 0.15) is 0 Å². The van der Waals surface area contributed by atoms with E-state index >= 15 is 0 Å². The molecule has 7 nitrogen and oxygen atoms in total. The van der Waals surface area contributed by atoms with E-state index in [0.29, 0.717) is 20.9 Å². The summed E-state index contributed by atoms with van der Waals surface area (Å²) in [5.41, 5.74) is 1.26. The van der Waals surface area contributed by atoms with Gasteiger partial charge in [-0.25, -0.2) is 0 Å². The van der Waals surface area contributed by atoms with E-state index in [1.54, 1.807) is 18.2 Å². The molecule has 0 fully saturated rings. The van der Waals surface area contributed by atoms with Gasteiger partial charge in [0.15, 0.2) is 5.82 Å². The van der Waals surface area contributed by atoms with Crippen molar-refractivity contribution in [3.63, 3.8) is 0 Å². The molecule has 2 heterocycles. The van der Waals surface area contributed by atoms with Crippen molar-refractivity contribution in [1.29, 1.82) is 0 Å². The molecule has 0 saturated carbocycles. The molecule has 0 radical (unpaired) electrons. The van der Waals surface area contributed by atoms with Crippen LogP contribution in [0.1, 0.15) is 5.56 Å². The van der Waals surface area contributed by atoms with E-state index < -0.39 is 4.92 Å². The zero-order chi connectivity index (χ0) is 18.3. The zero-order valence-corrected chi connectivity index (χ0v) is 15.4. The molecule has 0 atom stereocenters. The van der Waals surface area contributed by atoms with Gasteiger partial charge in [0.2, 0.25) is 4.96 Å². The molecule has 9 heteroatoms. The first-order valence-corrected chi connectivity index (χ1v) is 9.04. The smallest absolute Gasteiger partial charge is 0.266 e. The Balaban J connectivity index is 1.74. The van der Waals surface area contributed by atoms with Gasteiger partial charge in [-0.05, 0) is 35.9 Å². The van der Waals surface area contributed by atoms with Gasteiger partial charge in [0.05, 0.1) is 9.46 Å². The number of nitro benzene ring substituents is 1. The fourth-order valence-electron chi connectivity index (χ4n) is 2.40. The lowest BCUT2D eigenvalue weighted by Crippen LogP contribution is -2.23. The monoisotopic (exact) mass is 428 g/mol. The third-order valence-electron chi connectivity index (χ3n) is 3.69. The Morgan fingerprint density at radius 3 is 2.42 bits per heavy atom. The third-order valence-corrected chi connectivity index (χ3v) is 5.17. The molecule has 0 amide bonds. The molecule has 0 saturated heterocycles. The molecule has 0 N–H and O–H groups in total. The van der Waals surface area contributed by atoms with E-state index in [1.165, 1.54) is 28.0 Å². The van der Waals surface area contributed by atoms with Crippen LogP contribution in [0, 0.1) is 10.1 Å². The average Bonchev–Trinajstić information content (AvgIpc) is 3.16. The van der Waals surface area contributed by atoms with Gasteiger partial charge < -0.3 is 0 Å². The summed E-state index contributed by atoms with van der Waals surface area (Å²) in [5, 5.41) is 15.0. The SMILES string of the molecule is O=c1c(=Cc2ccc([N+](=O)[O-])cc2)sc2nc(-c3ccc(Br)cc3)nn12. The van der Waals surface area contributed by atoms with Crippen molar-refractivity contribution in [2.75, 3.05) is 0 Å². The van der Waals surface area contributed by atoms with Gasteiger partial charge in [-0.15, -0.1) is 5.10 Å². The van der Waals surface area contributed by atoms with Crippen LogP contribution >= 0.6 is 27.3 Å². The van der Waals surface area contributed by atoms with Gasteiger partial charge in [-0.1, -0.05) is 39.4 Å². The van der Waals surface area contributed by atoms with E-state index in [2.05, 4.69) is 26.0 Å². The van der Waals surface area contributed by atoms with Crippen LogP contribution in [-0.2, 0) is 0 Å². The van der Waals surface area contributed by atoms with E-state index in [4.69, 9.17) is 0 Å². The number of benzene rings is 2. The molecule has 4 aromatic rings. The largest absolute Gasteiger partial charge is 0.291 e. The van der Waals surface area contributed by atoms with Crippen LogP contribution in [0.4, 0.5) is 5.69 Å². The molecule has 0 aliphatic heterocycles. The van der Waals surface area contributed by atoms with Crippen molar-refractivity contribution >= 4 is 44.0 Å². The molecule has 26 heavy (non-hydrogen) atoms. The summed E-state index contributed by atoms with van der Waals surface area (Å²) in [6, 6.07) is 13.5.